The zero-order chi connectivity index (χ0) is 55.1. The number of pyridine rings is 1. The molecular formula is C51H65N19O7S2. The van der Waals surface area contributed by atoms with Crippen LogP contribution in [-0.4, -0.2) is 172 Å². The highest BCUT2D eigenvalue weighted by Gasteiger charge is 2.46. The number of thioether (sulfide) groups is 1. The summed E-state index contributed by atoms with van der Waals surface area (Å²) >= 11 is 1.51. The van der Waals surface area contributed by atoms with Crippen LogP contribution in [0.2, 0.25) is 0 Å². The molecular weight excluding hydrogens is 1050 g/mol. The van der Waals surface area contributed by atoms with Gasteiger partial charge in [0.2, 0.25) is 20.9 Å². The number of amides is 3. The summed E-state index contributed by atoms with van der Waals surface area (Å²) in [5.74, 6) is 1.16. The van der Waals surface area contributed by atoms with Crippen LogP contribution in [0.1, 0.15) is 113 Å². The second-order valence-electron chi connectivity index (χ2n) is 21.8. The highest BCUT2D eigenvalue weighted by Crippen LogP contribution is 2.46. The van der Waals surface area contributed by atoms with E-state index < -0.39 is 9.84 Å². The van der Waals surface area contributed by atoms with Gasteiger partial charge in [0.15, 0.2) is 5.16 Å². The molecule has 11 heterocycles. The Hall–Kier alpha value is -7.01. The summed E-state index contributed by atoms with van der Waals surface area (Å²) in [6.07, 6.45) is 26.4. The van der Waals surface area contributed by atoms with Crippen LogP contribution in [0.5, 0.6) is 0 Å². The Kier molecular flexibility index (Phi) is 15.0. The van der Waals surface area contributed by atoms with Gasteiger partial charge in [-0.2, -0.15) is 29.3 Å². The zero-order valence-corrected chi connectivity index (χ0v) is 46.1. The maximum Gasteiger partial charge on any atom is 0.342 e. The fourth-order valence-corrected chi connectivity index (χ4v) is 13.6. The number of nitrogens with zero attached hydrogens (tertiary/aromatic N) is 15. The van der Waals surface area contributed by atoms with Crippen molar-refractivity contribution in [3.63, 3.8) is 0 Å². The van der Waals surface area contributed by atoms with Crippen LogP contribution in [0.25, 0.3) is 33.1 Å². The van der Waals surface area contributed by atoms with Gasteiger partial charge in [-0.25, -0.2) is 57.7 Å². The van der Waals surface area contributed by atoms with Crippen LogP contribution in [0.15, 0.2) is 47.2 Å². The van der Waals surface area contributed by atoms with E-state index in [0.717, 1.165) is 136 Å². The molecule has 7 aliphatic rings. The lowest BCUT2D eigenvalue weighted by Crippen LogP contribution is -2.51. The molecule has 3 aliphatic carbocycles. The van der Waals surface area contributed by atoms with E-state index in [1.807, 2.05) is 18.5 Å². The molecule has 0 aromatic carbocycles. The number of fused-ring (bicyclic) bond motifs is 12. The maximum absolute atomic E-state index is 12.5. The predicted molar refractivity (Wildman–Crippen MR) is 294 cm³/mol. The van der Waals surface area contributed by atoms with Crippen molar-refractivity contribution in [3.8, 4) is 0 Å². The van der Waals surface area contributed by atoms with Gasteiger partial charge in [-0.1, -0.05) is 69.5 Å². The SMILES string of the molecule is CN1CCN(c2ccc(Nc3ncc4nn5c(c4n3)C3(CCCCC3)CNC5=O)nc2)CC1.CS(=O)(=O)c1ncc2nn3c(c2n1)C1(CCCCC1)CNC3=O.CSc1ncc2nn3c(c2n1)C1(CCCCC1)CNC3=O.OO. The van der Waals surface area contributed by atoms with Crippen molar-refractivity contribution in [2.75, 3.05) is 75.6 Å². The Morgan fingerprint density at radius 1 is 0.570 bits per heavy atom. The zero-order valence-electron chi connectivity index (χ0n) is 44.5. The molecule has 418 valence electrons. The predicted octanol–water partition coefficient (Wildman–Crippen LogP) is 5.83. The van der Waals surface area contributed by atoms with E-state index in [1.54, 1.807) is 12.4 Å². The average Bonchev–Trinajstić information content (AvgIpc) is 4.42. The first kappa shape index (κ1) is 54.0. The number of hydrogen-bond acceptors (Lipinski definition) is 21. The van der Waals surface area contributed by atoms with Gasteiger partial charge in [-0.3, -0.25) is 10.5 Å². The fourth-order valence-electron chi connectivity index (χ4n) is 12.8. The number of anilines is 3. The van der Waals surface area contributed by atoms with E-state index in [-0.39, 0.29) is 39.5 Å². The second-order valence-corrected chi connectivity index (χ2v) is 24.5. The van der Waals surface area contributed by atoms with Crippen LogP contribution in [0, 0.1) is 0 Å². The number of hydrogen-bond donors (Lipinski definition) is 6. The van der Waals surface area contributed by atoms with Gasteiger partial charge in [0.05, 0.1) is 47.6 Å². The van der Waals surface area contributed by atoms with Crippen molar-refractivity contribution in [1.29, 1.82) is 0 Å². The maximum atomic E-state index is 12.5. The lowest BCUT2D eigenvalue weighted by Gasteiger charge is -2.40. The Bertz CT molecular complexity index is 3540. The number of likely N-dealkylation sites (N-methyl/N-ethyl adjacent to an activating group) is 1. The van der Waals surface area contributed by atoms with Gasteiger partial charge in [-0.15, -0.1) is 0 Å². The fraction of sp³-hybridized carbons (Fsp3) is 0.549. The minimum absolute atomic E-state index is 0.00899. The van der Waals surface area contributed by atoms with Crippen molar-refractivity contribution in [2.24, 2.45) is 0 Å². The molecule has 79 heavy (non-hydrogen) atoms. The van der Waals surface area contributed by atoms with Crippen molar-refractivity contribution in [1.82, 2.24) is 85.1 Å². The minimum atomic E-state index is -3.51. The smallest absolute Gasteiger partial charge is 0.342 e. The number of rotatable bonds is 5. The van der Waals surface area contributed by atoms with Crippen LogP contribution in [0.4, 0.5) is 31.8 Å². The number of sulfone groups is 1. The number of carbonyl (C=O) groups is 3. The molecule has 28 heteroatoms. The van der Waals surface area contributed by atoms with Crippen molar-refractivity contribution in [3.05, 3.63) is 54.0 Å². The van der Waals surface area contributed by atoms with Gasteiger partial charge in [0.1, 0.15) is 38.9 Å². The summed E-state index contributed by atoms with van der Waals surface area (Å²) in [6.45, 7) is 6.02. The molecule has 6 N–H and O–H groups in total. The standard InChI is InChI=1S/C23H29N9O.C14H17N5O3S.C14H17N5OS.H2O2/c1-30-9-11-31(12-10-30)16-5-6-18(24-13-16)27-21-25-14-17-19(28-21)20-23(7-3-2-4-8-23)15-26-22(33)32(20)29-17;1-23(21,22)12-15-7-9-10(17-12)11-14(5-3-2-4-6-14)8-16-13(20)19(11)18-9;1-21-12-15-7-9-10(17-12)11-14(5-3-2-4-6-14)8-16-13(20)19(11)18-9;1-2/h5-6,13-14H,2-4,7-12,15H2,1H3,(H,26,33)(H,24,27,28);7H,2-6,8H2,1H3,(H,16,20);7H,2-6,8H2,1H3,(H,16,20);1-2H. The molecule has 3 amide bonds. The Morgan fingerprint density at radius 2 is 1.01 bits per heavy atom. The first-order chi connectivity index (χ1) is 38.3. The summed E-state index contributed by atoms with van der Waals surface area (Å²) in [5.41, 5.74) is 7.38. The van der Waals surface area contributed by atoms with E-state index in [0.29, 0.717) is 53.5 Å². The molecule has 26 nitrogen and oxygen atoms in total. The van der Waals surface area contributed by atoms with Crippen LogP contribution < -0.4 is 26.2 Å². The molecule has 7 aromatic heterocycles. The van der Waals surface area contributed by atoms with Crippen LogP contribution in [-0.2, 0) is 26.1 Å². The molecule has 14 rings (SSSR count). The summed E-state index contributed by atoms with van der Waals surface area (Å²) in [6, 6.07) is 3.42. The normalized spacial score (nSPS) is 20.1. The summed E-state index contributed by atoms with van der Waals surface area (Å²) in [5, 5.41) is 37.9. The highest BCUT2D eigenvalue weighted by atomic mass is 32.2. The van der Waals surface area contributed by atoms with Gasteiger partial charge in [-0.05, 0) is 64.0 Å². The minimum Gasteiger partial charge on any atom is -0.368 e. The molecule has 3 spiro atoms. The number of piperazine rings is 1. The van der Waals surface area contributed by atoms with E-state index in [1.165, 1.54) is 64.1 Å². The largest absolute Gasteiger partial charge is 0.368 e. The van der Waals surface area contributed by atoms with Gasteiger partial charge < -0.3 is 31.1 Å². The summed E-state index contributed by atoms with van der Waals surface area (Å²) in [7, 11) is -1.36. The quantitative estimate of drug-likeness (QED) is 0.0511. The number of aromatic nitrogens is 13. The third-order valence-corrected chi connectivity index (χ3v) is 18.2. The van der Waals surface area contributed by atoms with Gasteiger partial charge >= 0.3 is 18.1 Å². The van der Waals surface area contributed by atoms with E-state index in [2.05, 4.69) is 89.4 Å². The third kappa shape index (κ3) is 10.2. The van der Waals surface area contributed by atoms with E-state index in [4.69, 9.17) is 15.5 Å². The molecule has 7 aromatic rings. The Balaban J connectivity index is 0.000000127. The second kappa shape index (κ2) is 21.9. The van der Waals surface area contributed by atoms with Crippen LogP contribution in [0.3, 0.4) is 0 Å². The Morgan fingerprint density at radius 3 is 1.46 bits per heavy atom. The molecule has 0 radical (unpaired) electrons. The Labute approximate surface area is 459 Å². The average molecular weight is 1120 g/mol. The lowest BCUT2D eigenvalue weighted by molar-refractivity contribution is -0.176. The van der Waals surface area contributed by atoms with E-state index in [9.17, 15) is 22.8 Å². The topological polar surface area (TPSA) is 324 Å². The molecule has 1 saturated heterocycles. The van der Waals surface area contributed by atoms with Crippen LogP contribution >= 0.6 is 11.8 Å². The van der Waals surface area contributed by atoms with Gasteiger partial charge in [0.25, 0.3) is 0 Å². The van der Waals surface area contributed by atoms with Crippen molar-refractivity contribution < 1.29 is 33.3 Å². The monoisotopic (exact) mass is 1120 g/mol. The summed E-state index contributed by atoms with van der Waals surface area (Å²) in [4.78, 5) is 72.5. The number of nitrogens with one attached hydrogen (secondary N) is 4. The lowest BCUT2D eigenvalue weighted by atomic mass is 9.70. The molecule has 3 saturated carbocycles. The first-order valence-electron chi connectivity index (χ1n) is 27.0. The first-order valence-corrected chi connectivity index (χ1v) is 30.1. The van der Waals surface area contributed by atoms with Crippen molar-refractivity contribution >= 4 is 90.2 Å². The molecule has 0 atom stereocenters. The van der Waals surface area contributed by atoms with Gasteiger partial charge in [0, 0.05) is 68.3 Å². The molecule has 4 aliphatic heterocycles. The molecule has 4 fully saturated rings. The molecule has 0 unspecified atom stereocenters. The van der Waals surface area contributed by atoms with Crippen molar-refractivity contribution in [2.45, 2.75) is 123 Å². The summed E-state index contributed by atoms with van der Waals surface area (Å²) < 4.78 is 27.9. The molecule has 0 bridgehead atoms. The third-order valence-electron chi connectivity index (χ3n) is 16.8. The van der Waals surface area contributed by atoms with E-state index >= 15 is 0 Å². The number of carbonyl (C=O) groups excluding carboxylic acids is 3. The highest BCUT2D eigenvalue weighted by molar-refractivity contribution is 7.98.